The number of aromatic nitrogens is 3. The average Bonchev–Trinajstić information content (AvgIpc) is 2.70. The molecule has 5 nitrogen and oxygen atoms in total. The van der Waals surface area contributed by atoms with E-state index in [2.05, 4.69) is 9.97 Å². The molecular weight excluding hydrogens is 262 g/mol. The van der Waals surface area contributed by atoms with Crippen molar-refractivity contribution < 1.29 is 8.42 Å². The number of fused-ring (bicyclic) bond motifs is 1. The molecule has 0 atom stereocenters. The van der Waals surface area contributed by atoms with E-state index < -0.39 is 9.84 Å². The lowest BCUT2D eigenvalue weighted by atomic mass is 9.98. The molecule has 0 N–H and O–H groups in total. The number of imidazole rings is 1. The van der Waals surface area contributed by atoms with Crippen LogP contribution in [0.15, 0.2) is 18.3 Å². The SMILES string of the molecule is Cn1c(CC2CCS(=O)(=O)CC2)nc2cccnc21. The average molecular weight is 279 g/mol. The zero-order valence-electron chi connectivity index (χ0n) is 10.9. The number of rotatable bonds is 2. The summed E-state index contributed by atoms with van der Waals surface area (Å²) in [5.41, 5.74) is 1.80. The summed E-state index contributed by atoms with van der Waals surface area (Å²) < 4.78 is 24.9. The fourth-order valence-corrected chi connectivity index (χ4v) is 4.24. The Morgan fingerprint density at radius 3 is 2.79 bits per heavy atom. The summed E-state index contributed by atoms with van der Waals surface area (Å²) in [4.78, 5) is 8.92. The van der Waals surface area contributed by atoms with E-state index in [0.717, 1.165) is 36.3 Å². The van der Waals surface area contributed by atoms with Gasteiger partial charge >= 0.3 is 0 Å². The zero-order valence-corrected chi connectivity index (χ0v) is 11.7. The van der Waals surface area contributed by atoms with Crippen LogP contribution in [0.2, 0.25) is 0 Å². The van der Waals surface area contributed by atoms with E-state index in [4.69, 9.17) is 0 Å². The molecule has 1 aliphatic heterocycles. The van der Waals surface area contributed by atoms with E-state index in [-0.39, 0.29) is 0 Å². The Balaban J connectivity index is 1.81. The van der Waals surface area contributed by atoms with Gasteiger partial charge in [0.05, 0.1) is 11.5 Å². The van der Waals surface area contributed by atoms with Gasteiger partial charge in [-0.1, -0.05) is 0 Å². The zero-order chi connectivity index (χ0) is 13.5. The highest BCUT2D eigenvalue weighted by Gasteiger charge is 2.25. The highest BCUT2D eigenvalue weighted by atomic mass is 32.2. The van der Waals surface area contributed by atoms with Gasteiger partial charge in [0.2, 0.25) is 0 Å². The number of pyridine rings is 1. The Kier molecular flexibility index (Phi) is 3.05. The Morgan fingerprint density at radius 2 is 2.11 bits per heavy atom. The topological polar surface area (TPSA) is 64.8 Å². The van der Waals surface area contributed by atoms with Crippen molar-refractivity contribution in [1.82, 2.24) is 14.5 Å². The van der Waals surface area contributed by atoms with Gasteiger partial charge in [0.1, 0.15) is 21.2 Å². The van der Waals surface area contributed by atoms with Crippen molar-refractivity contribution in [2.45, 2.75) is 19.3 Å². The van der Waals surface area contributed by atoms with E-state index >= 15 is 0 Å². The quantitative estimate of drug-likeness (QED) is 0.832. The Labute approximate surface area is 112 Å². The maximum absolute atomic E-state index is 11.4. The normalized spacial score (nSPS) is 19.8. The summed E-state index contributed by atoms with van der Waals surface area (Å²) in [6, 6.07) is 3.84. The predicted molar refractivity (Wildman–Crippen MR) is 73.6 cm³/mol. The summed E-state index contributed by atoms with van der Waals surface area (Å²) in [6.45, 7) is 0. The number of nitrogens with zero attached hydrogens (tertiary/aromatic N) is 3. The Hall–Kier alpha value is -1.43. The van der Waals surface area contributed by atoms with Crippen molar-refractivity contribution in [3.05, 3.63) is 24.2 Å². The minimum atomic E-state index is -2.78. The molecule has 3 rings (SSSR count). The molecule has 3 heterocycles. The first-order valence-electron chi connectivity index (χ1n) is 6.52. The minimum absolute atomic E-state index is 0.319. The molecule has 19 heavy (non-hydrogen) atoms. The molecule has 1 aliphatic rings. The molecule has 1 fully saturated rings. The second-order valence-corrected chi connectivity index (χ2v) is 7.54. The molecule has 0 unspecified atom stereocenters. The Bertz CT molecular complexity index is 692. The van der Waals surface area contributed by atoms with Crippen LogP contribution < -0.4 is 0 Å². The van der Waals surface area contributed by atoms with E-state index in [1.807, 2.05) is 23.7 Å². The van der Waals surface area contributed by atoms with Crippen LogP contribution in [0.25, 0.3) is 11.2 Å². The maximum Gasteiger partial charge on any atom is 0.159 e. The molecule has 0 aromatic carbocycles. The van der Waals surface area contributed by atoms with Crippen LogP contribution in [0, 0.1) is 5.92 Å². The molecule has 0 spiro atoms. The molecule has 1 saturated heterocycles. The first-order chi connectivity index (χ1) is 9.05. The highest BCUT2D eigenvalue weighted by molar-refractivity contribution is 7.91. The van der Waals surface area contributed by atoms with Gasteiger partial charge in [-0.2, -0.15) is 0 Å². The van der Waals surface area contributed by atoms with Gasteiger partial charge in [0, 0.05) is 19.7 Å². The van der Waals surface area contributed by atoms with Crippen molar-refractivity contribution in [2.24, 2.45) is 13.0 Å². The summed E-state index contributed by atoms with van der Waals surface area (Å²) in [5, 5.41) is 0. The first-order valence-corrected chi connectivity index (χ1v) is 8.34. The lowest BCUT2D eigenvalue weighted by Crippen LogP contribution is -2.25. The third kappa shape index (κ3) is 2.49. The molecule has 0 radical (unpaired) electrons. The van der Waals surface area contributed by atoms with Gasteiger partial charge in [-0.25, -0.2) is 18.4 Å². The summed E-state index contributed by atoms with van der Waals surface area (Å²) in [6.07, 6.45) is 4.10. The second-order valence-electron chi connectivity index (χ2n) is 5.23. The van der Waals surface area contributed by atoms with E-state index in [1.165, 1.54) is 0 Å². The van der Waals surface area contributed by atoms with Gasteiger partial charge in [-0.15, -0.1) is 0 Å². The monoisotopic (exact) mass is 279 g/mol. The van der Waals surface area contributed by atoms with Gasteiger partial charge < -0.3 is 4.57 Å². The van der Waals surface area contributed by atoms with Gasteiger partial charge in [0.25, 0.3) is 0 Å². The van der Waals surface area contributed by atoms with Crippen molar-refractivity contribution in [1.29, 1.82) is 0 Å². The number of hydrogen-bond donors (Lipinski definition) is 0. The summed E-state index contributed by atoms with van der Waals surface area (Å²) in [5.74, 6) is 2.05. The predicted octanol–water partition coefficient (Wildman–Crippen LogP) is 1.34. The molecule has 0 amide bonds. The van der Waals surface area contributed by atoms with E-state index in [9.17, 15) is 8.42 Å². The van der Waals surface area contributed by atoms with Crippen molar-refractivity contribution >= 4 is 21.0 Å². The standard InChI is InChI=1S/C13H17N3O2S/c1-16-12(15-11-3-2-6-14-13(11)16)9-10-4-7-19(17,18)8-5-10/h2-3,6,10H,4-5,7-9H2,1H3. The highest BCUT2D eigenvalue weighted by Crippen LogP contribution is 2.23. The smallest absolute Gasteiger partial charge is 0.159 e. The van der Waals surface area contributed by atoms with E-state index in [0.29, 0.717) is 17.4 Å². The van der Waals surface area contributed by atoms with Crippen LogP contribution in [0.4, 0.5) is 0 Å². The molecule has 0 bridgehead atoms. The molecule has 2 aromatic heterocycles. The van der Waals surface area contributed by atoms with Crippen LogP contribution in [0.3, 0.4) is 0 Å². The largest absolute Gasteiger partial charge is 0.316 e. The first kappa shape index (κ1) is 12.6. The van der Waals surface area contributed by atoms with Gasteiger partial charge in [-0.05, 0) is 30.9 Å². The molecule has 0 aliphatic carbocycles. The lowest BCUT2D eigenvalue weighted by Gasteiger charge is -2.21. The van der Waals surface area contributed by atoms with Crippen molar-refractivity contribution in [3.8, 4) is 0 Å². The van der Waals surface area contributed by atoms with Gasteiger partial charge in [0.15, 0.2) is 5.65 Å². The van der Waals surface area contributed by atoms with Crippen LogP contribution in [-0.4, -0.2) is 34.5 Å². The van der Waals surface area contributed by atoms with Crippen LogP contribution in [0.1, 0.15) is 18.7 Å². The number of aryl methyl sites for hydroxylation is 1. The van der Waals surface area contributed by atoms with Crippen LogP contribution in [-0.2, 0) is 23.3 Å². The fraction of sp³-hybridized carbons (Fsp3) is 0.538. The molecule has 2 aromatic rings. The van der Waals surface area contributed by atoms with E-state index in [1.54, 1.807) is 6.20 Å². The molecule has 102 valence electrons. The lowest BCUT2D eigenvalue weighted by molar-refractivity contribution is 0.450. The Morgan fingerprint density at radius 1 is 1.37 bits per heavy atom. The van der Waals surface area contributed by atoms with Crippen molar-refractivity contribution in [3.63, 3.8) is 0 Å². The summed E-state index contributed by atoms with van der Waals surface area (Å²) in [7, 11) is -0.813. The van der Waals surface area contributed by atoms with Crippen LogP contribution >= 0.6 is 0 Å². The second kappa shape index (κ2) is 4.59. The number of sulfone groups is 1. The van der Waals surface area contributed by atoms with Crippen LogP contribution in [0.5, 0.6) is 0 Å². The maximum atomic E-state index is 11.4. The number of hydrogen-bond acceptors (Lipinski definition) is 4. The fourth-order valence-electron chi connectivity index (χ4n) is 2.65. The minimum Gasteiger partial charge on any atom is -0.316 e. The third-order valence-corrected chi connectivity index (χ3v) is 5.58. The molecule has 0 saturated carbocycles. The molecular formula is C13H17N3O2S. The van der Waals surface area contributed by atoms with Crippen molar-refractivity contribution in [2.75, 3.05) is 11.5 Å². The molecule has 6 heteroatoms. The van der Waals surface area contributed by atoms with Gasteiger partial charge in [-0.3, -0.25) is 0 Å². The third-order valence-electron chi connectivity index (χ3n) is 3.87. The summed E-state index contributed by atoms with van der Waals surface area (Å²) >= 11 is 0.